The number of carboxylic acid groups (broad SMARTS) is 1. The molecule has 0 aliphatic heterocycles. The van der Waals surface area contributed by atoms with Crippen LogP contribution in [0.15, 0.2) is 29.0 Å². The van der Waals surface area contributed by atoms with Crippen molar-refractivity contribution in [1.82, 2.24) is 24.8 Å². The van der Waals surface area contributed by atoms with Crippen LogP contribution in [0, 0.1) is 0 Å². The van der Waals surface area contributed by atoms with Crippen molar-refractivity contribution in [2.45, 2.75) is 26.1 Å². The van der Waals surface area contributed by atoms with Gasteiger partial charge in [-0.1, -0.05) is 11.6 Å². The molecule has 0 bridgehead atoms. The van der Waals surface area contributed by atoms with Gasteiger partial charge in [-0.2, -0.15) is 13.2 Å². The Morgan fingerprint density at radius 1 is 1.27 bits per heavy atom. The molecule has 4 aromatic rings. The maximum Gasteiger partial charge on any atom is 0.490 e. The van der Waals surface area contributed by atoms with Crippen LogP contribution < -0.4 is 16.2 Å². The van der Waals surface area contributed by atoms with Crippen molar-refractivity contribution in [3.05, 3.63) is 29.4 Å². The van der Waals surface area contributed by atoms with E-state index in [-0.39, 0.29) is 11.6 Å². The number of aryl methyl sites for hydroxylation is 1. The van der Waals surface area contributed by atoms with Gasteiger partial charge >= 0.3 is 12.1 Å². The van der Waals surface area contributed by atoms with Gasteiger partial charge in [0.2, 0.25) is 0 Å². The van der Waals surface area contributed by atoms with Crippen LogP contribution >= 0.6 is 11.6 Å². The Balaban J connectivity index is 0.000000479. The van der Waals surface area contributed by atoms with Crippen molar-refractivity contribution in [1.29, 1.82) is 0 Å². The number of hydrogen-bond donors (Lipinski definition) is 4. The summed E-state index contributed by atoms with van der Waals surface area (Å²) < 4.78 is 44.3. The zero-order valence-corrected chi connectivity index (χ0v) is 19.9. The van der Waals surface area contributed by atoms with Crippen molar-refractivity contribution >= 4 is 34.4 Å². The fourth-order valence-corrected chi connectivity index (χ4v) is 3.39. The Morgan fingerprint density at radius 2 is 1.97 bits per heavy atom. The second-order valence-corrected chi connectivity index (χ2v) is 7.74. The number of nitrogens with zero attached hydrogens (tertiary/aromatic N) is 5. The Hall–Kier alpha value is -4.11. The third-order valence-electron chi connectivity index (χ3n) is 4.84. The first-order chi connectivity index (χ1) is 17.5. The first-order valence-electron chi connectivity index (χ1n) is 10.6. The molecule has 0 amide bonds. The van der Waals surface area contributed by atoms with Crippen LogP contribution in [-0.2, 0) is 11.3 Å². The molecule has 6 N–H and O–H groups in total. The fraction of sp³-hybridized carbons (Fsp3) is 0.286. The first kappa shape index (κ1) is 27.5. The average molecular weight is 544 g/mol. The number of benzene rings is 1. The number of nitrogen functional groups attached to an aromatic ring is 1. The third kappa shape index (κ3) is 6.00. The molecule has 198 valence electrons. The van der Waals surface area contributed by atoms with Gasteiger partial charge in [0.25, 0.3) is 0 Å². The summed E-state index contributed by atoms with van der Waals surface area (Å²) in [5, 5.41) is 25.5. The number of carboxylic acids is 1. The lowest BCUT2D eigenvalue weighted by Crippen LogP contribution is -2.21. The molecule has 0 saturated heterocycles. The van der Waals surface area contributed by atoms with E-state index >= 15 is 0 Å². The van der Waals surface area contributed by atoms with E-state index < -0.39 is 12.1 Å². The summed E-state index contributed by atoms with van der Waals surface area (Å²) >= 11 is 6.15. The van der Waals surface area contributed by atoms with Crippen LogP contribution in [0.2, 0.25) is 5.02 Å². The summed E-state index contributed by atoms with van der Waals surface area (Å²) in [6.07, 6.45) is -2.80. The summed E-state index contributed by atoms with van der Waals surface area (Å²) in [7, 11) is 0. The van der Waals surface area contributed by atoms with Gasteiger partial charge in [0.1, 0.15) is 22.5 Å². The minimum Gasteiger partial charge on any atom is -0.507 e. The molecule has 0 radical (unpaired) electrons. The molecular formula is C21H21ClF3N7O5. The average Bonchev–Trinajstić information content (AvgIpc) is 3.44. The van der Waals surface area contributed by atoms with Gasteiger partial charge in [-0.25, -0.2) is 19.4 Å². The molecule has 3 aromatic heterocycles. The lowest BCUT2D eigenvalue weighted by molar-refractivity contribution is -0.192. The maximum atomic E-state index is 10.6. The van der Waals surface area contributed by atoms with E-state index in [4.69, 9.17) is 47.3 Å². The molecule has 37 heavy (non-hydrogen) atoms. The zero-order chi connectivity index (χ0) is 27.3. The smallest absolute Gasteiger partial charge is 0.490 e. The van der Waals surface area contributed by atoms with Gasteiger partial charge in [0.15, 0.2) is 23.1 Å². The van der Waals surface area contributed by atoms with E-state index in [1.807, 2.05) is 11.5 Å². The van der Waals surface area contributed by atoms with Gasteiger partial charge in [-0.05, 0) is 48.4 Å². The largest absolute Gasteiger partial charge is 0.507 e. The number of hydrogen-bond acceptors (Lipinski definition) is 10. The number of pyridine rings is 1. The topological polar surface area (TPSA) is 188 Å². The second-order valence-electron chi connectivity index (χ2n) is 7.30. The molecule has 0 spiro atoms. The predicted octanol–water partition coefficient (Wildman–Crippen LogP) is 3.47. The van der Waals surface area contributed by atoms with Crippen molar-refractivity contribution in [3.8, 4) is 34.3 Å². The Kier molecular flexibility index (Phi) is 8.39. The minimum absolute atomic E-state index is 0.0280. The van der Waals surface area contributed by atoms with Crippen LogP contribution in [-0.4, -0.2) is 60.4 Å². The lowest BCUT2D eigenvalue weighted by atomic mass is 10.1. The van der Waals surface area contributed by atoms with Crippen LogP contribution in [0.1, 0.15) is 13.3 Å². The van der Waals surface area contributed by atoms with E-state index in [2.05, 4.69) is 15.3 Å². The number of carbonyl (C=O) groups is 1. The number of aliphatic carboxylic acids is 1. The highest BCUT2D eigenvalue weighted by molar-refractivity contribution is 6.31. The summed E-state index contributed by atoms with van der Waals surface area (Å²) in [6.45, 7) is 3.42. The number of anilines is 1. The van der Waals surface area contributed by atoms with E-state index in [1.54, 1.807) is 18.3 Å². The molecule has 3 heterocycles. The normalized spacial score (nSPS) is 11.3. The monoisotopic (exact) mass is 543 g/mol. The molecule has 0 aliphatic rings. The number of rotatable bonds is 7. The van der Waals surface area contributed by atoms with Gasteiger partial charge in [0, 0.05) is 17.1 Å². The molecule has 4 rings (SSSR count). The van der Waals surface area contributed by atoms with E-state index in [1.165, 1.54) is 6.07 Å². The molecule has 12 nitrogen and oxygen atoms in total. The molecule has 16 heteroatoms. The summed E-state index contributed by atoms with van der Waals surface area (Å²) in [4.78, 5) is 18.1. The molecule has 0 saturated carbocycles. The summed E-state index contributed by atoms with van der Waals surface area (Å²) in [5.74, 6) is -1.64. The van der Waals surface area contributed by atoms with Crippen molar-refractivity contribution in [2.75, 3.05) is 18.9 Å². The Labute approximate surface area is 211 Å². The number of phenolic OH excluding ortho intramolecular Hbond substituents is 1. The number of nitrogens with two attached hydrogens (primary N) is 2. The van der Waals surface area contributed by atoms with E-state index in [0.29, 0.717) is 70.7 Å². The number of fused-ring (bicyclic) bond motifs is 1. The van der Waals surface area contributed by atoms with Crippen LogP contribution in [0.4, 0.5) is 19.0 Å². The highest BCUT2D eigenvalue weighted by Crippen LogP contribution is 2.39. The SMILES string of the molecule is CCn1c(-c2nonc2N)nc2c(-c3cc(Cl)ccc3O)ncc(OCCCN)c21.O=C(O)C(F)(F)F. The van der Waals surface area contributed by atoms with Gasteiger partial charge in [-0.3, -0.25) is 0 Å². The van der Waals surface area contributed by atoms with Gasteiger partial charge in [0.05, 0.1) is 12.8 Å². The number of aromatic hydroxyl groups is 1. The number of alkyl halides is 3. The Morgan fingerprint density at radius 3 is 2.54 bits per heavy atom. The number of halogens is 4. The van der Waals surface area contributed by atoms with E-state index in [9.17, 15) is 18.3 Å². The highest BCUT2D eigenvalue weighted by atomic mass is 35.5. The van der Waals surface area contributed by atoms with Crippen LogP contribution in [0.3, 0.4) is 0 Å². The number of phenols is 1. The number of aromatic nitrogens is 5. The second kappa shape index (κ2) is 11.3. The van der Waals surface area contributed by atoms with Crippen LogP contribution in [0.5, 0.6) is 11.5 Å². The molecule has 0 unspecified atom stereocenters. The van der Waals surface area contributed by atoms with Crippen molar-refractivity contribution < 1.29 is 37.5 Å². The molecular weight excluding hydrogens is 523 g/mol. The van der Waals surface area contributed by atoms with Crippen molar-refractivity contribution in [2.24, 2.45) is 5.73 Å². The summed E-state index contributed by atoms with van der Waals surface area (Å²) in [6, 6.07) is 4.73. The van der Waals surface area contributed by atoms with E-state index in [0.717, 1.165) is 0 Å². The number of ether oxygens (including phenoxy) is 1. The van der Waals surface area contributed by atoms with Gasteiger partial charge in [-0.15, -0.1) is 0 Å². The Bertz CT molecular complexity index is 1410. The summed E-state index contributed by atoms with van der Waals surface area (Å²) in [5.41, 5.74) is 13.9. The van der Waals surface area contributed by atoms with Crippen LogP contribution in [0.25, 0.3) is 33.8 Å². The lowest BCUT2D eigenvalue weighted by Gasteiger charge is -2.12. The number of imidazole rings is 1. The third-order valence-corrected chi connectivity index (χ3v) is 5.08. The standard InChI is InChI=1S/C19H20ClN7O3.C2HF3O2/c1-2-27-17-13(29-7-3-6-21)9-23-14(11-8-10(20)4-5-12(11)28)15(17)24-19(27)16-18(22)26-30-25-16;3-2(4,5)1(6)7/h4-5,8-9,28H,2-3,6-7,21H2,1H3,(H2,22,26);(H,6,7). The quantitative estimate of drug-likeness (QED) is 0.250. The molecule has 1 aromatic carbocycles. The highest BCUT2D eigenvalue weighted by Gasteiger charge is 2.38. The van der Waals surface area contributed by atoms with Crippen molar-refractivity contribution in [3.63, 3.8) is 0 Å². The fourth-order valence-electron chi connectivity index (χ4n) is 3.22. The van der Waals surface area contributed by atoms with Gasteiger partial charge < -0.3 is 31.0 Å². The zero-order valence-electron chi connectivity index (χ0n) is 19.2. The minimum atomic E-state index is -5.08. The first-order valence-corrected chi connectivity index (χ1v) is 11.0. The predicted molar refractivity (Wildman–Crippen MR) is 126 cm³/mol. The molecule has 0 atom stereocenters. The maximum absolute atomic E-state index is 10.6. The molecule has 0 fully saturated rings. The molecule has 0 aliphatic carbocycles.